The fourth-order valence-corrected chi connectivity index (χ4v) is 4.24. The first kappa shape index (κ1) is 22.4. The number of nitrogens with zero attached hydrogens (tertiary/aromatic N) is 5. The zero-order valence-corrected chi connectivity index (χ0v) is 19.0. The van der Waals surface area contributed by atoms with Gasteiger partial charge in [-0.05, 0) is 30.5 Å². The Balaban J connectivity index is 1.90. The summed E-state index contributed by atoms with van der Waals surface area (Å²) >= 11 is 0. The molecule has 2 aromatic heterocycles. The van der Waals surface area contributed by atoms with Crippen molar-refractivity contribution < 1.29 is 13.9 Å². The second-order valence-corrected chi connectivity index (χ2v) is 8.44. The van der Waals surface area contributed by atoms with Gasteiger partial charge in [0.25, 0.3) is 11.8 Å². The van der Waals surface area contributed by atoms with E-state index in [1.165, 1.54) is 25.4 Å². The van der Waals surface area contributed by atoms with Crippen molar-refractivity contribution in [3.63, 3.8) is 0 Å². The number of nitrogen functional groups attached to an aromatic ring is 2. The highest BCUT2D eigenvalue weighted by Gasteiger charge is 2.37. The lowest BCUT2D eigenvalue weighted by Crippen LogP contribution is -2.43. The number of amides is 1. The molecule has 1 aliphatic rings. The molecule has 0 saturated heterocycles. The number of methoxy groups -OCH3 is 1. The molecule has 0 fully saturated rings. The van der Waals surface area contributed by atoms with Crippen molar-refractivity contribution >= 4 is 17.7 Å². The highest BCUT2D eigenvalue weighted by molar-refractivity contribution is 5.98. The predicted molar refractivity (Wildman–Crippen MR) is 122 cm³/mol. The molecule has 33 heavy (non-hydrogen) atoms. The summed E-state index contributed by atoms with van der Waals surface area (Å²) in [5, 5.41) is 0. The smallest absolute Gasteiger partial charge is 0.258 e. The zero-order chi connectivity index (χ0) is 23.9. The van der Waals surface area contributed by atoms with Crippen molar-refractivity contribution in [3.05, 3.63) is 52.7 Å². The lowest BCUT2D eigenvalue weighted by Gasteiger charge is -2.38. The Morgan fingerprint density at radius 1 is 1.24 bits per heavy atom. The Morgan fingerprint density at radius 2 is 2.00 bits per heavy atom. The van der Waals surface area contributed by atoms with Gasteiger partial charge in [-0.25, -0.2) is 24.3 Å². The molecule has 9 nitrogen and oxygen atoms in total. The number of fused-ring (bicyclic) bond motifs is 1. The van der Waals surface area contributed by atoms with Crippen molar-refractivity contribution in [2.45, 2.75) is 33.2 Å². The zero-order valence-electron chi connectivity index (χ0n) is 19.0. The van der Waals surface area contributed by atoms with Gasteiger partial charge in [-0.3, -0.25) is 4.79 Å². The van der Waals surface area contributed by atoms with Crippen LogP contribution < -0.4 is 16.2 Å². The number of halogens is 1. The fourth-order valence-electron chi connectivity index (χ4n) is 4.24. The van der Waals surface area contributed by atoms with Gasteiger partial charge in [-0.1, -0.05) is 19.9 Å². The first-order valence-corrected chi connectivity index (χ1v) is 10.6. The number of benzene rings is 1. The van der Waals surface area contributed by atoms with E-state index in [1.54, 1.807) is 17.9 Å². The van der Waals surface area contributed by atoms with Crippen molar-refractivity contribution in [1.29, 1.82) is 0 Å². The number of carbonyl (C=O) groups is 1. The van der Waals surface area contributed by atoms with Crippen LogP contribution in [0.4, 0.5) is 16.2 Å². The van der Waals surface area contributed by atoms with Crippen LogP contribution in [-0.2, 0) is 6.42 Å². The largest absolute Gasteiger partial charge is 0.478 e. The van der Waals surface area contributed by atoms with Gasteiger partial charge in [0, 0.05) is 18.5 Å². The molecule has 0 spiro atoms. The third-order valence-electron chi connectivity index (χ3n) is 5.59. The fraction of sp³-hybridized carbons (Fsp3) is 0.348. The van der Waals surface area contributed by atoms with E-state index in [0.717, 1.165) is 0 Å². The van der Waals surface area contributed by atoms with Crippen LogP contribution in [0.15, 0.2) is 24.4 Å². The summed E-state index contributed by atoms with van der Waals surface area (Å²) in [7, 11) is 1.43. The predicted octanol–water partition coefficient (Wildman–Crippen LogP) is 2.95. The highest BCUT2D eigenvalue weighted by atomic mass is 19.1. The molecule has 1 aliphatic heterocycles. The van der Waals surface area contributed by atoms with Crippen LogP contribution in [0.25, 0.3) is 11.3 Å². The summed E-state index contributed by atoms with van der Waals surface area (Å²) in [5.74, 6) is -0.0275. The second kappa shape index (κ2) is 8.61. The minimum absolute atomic E-state index is 0.114. The van der Waals surface area contributed by atoms with Crippen LogP contribution in [0.5, 0.6) is 5.88 Å². The molecule has 3 aromatic rings. The van der Waals surface area contributed by atoms with Gasteiger partial charge in [-0.15, -0.1) is 0 Å². The van der Waals surface area contributed by atoms with E-state index in [-0.39, 0.29) is 29.5 Å². The second-order valence-electron chi connectivity index (χ2n) is 8.44. The molecule has 0 bridgehead atoms. The van der Waals surface area contributed by atoms with Gasteiger partial charge in [0.2, 0.25) is 5.95 Å². The molecular weight excluding hydrogens is 425 g/mol. The molecular formula is C23H26FN7O2. The number of aryl methyl sites for hydroxylation is 1. The SMILES string of the molecule is COc1nc(-c2cc(F)ccc2C2Cc3nc(N)nc(C)c3C(=O)N2CC(C)C)cnc1N. The van der Waals surface area contributed by atoms with E-state index in [0.29, 0.717) is 46.7 Å². The lowest BCUT2D eigenvalue weighted by molar-refractivity contribution is 0.0615. The molecule has 0 radical (unpaired) electrons. The molecule has 0 aliphatic carbocycles. The molecule has 1 aromatic carbocycles. The van der Waals surface area contributed by atoms with E-state index in [9.17, 15) is 9.18 Å². The molecule has 0 saturated carbocycles. The van der Waals surface area contributed by atoms with Gasteiger partial charge < -0.3 is 21.1 Å². The number of hydrogen-bond acceptors (Lipinski definition) is 8. The van der Waals surface area contributed by atoms with Gasteiger partial charge in [-0.2, -0.15) is 0 Å². The van der Waals surface area contributed by atoms with Crippen LogP contribution in [0.1, 0.15) is 47.2 Å². The number of aromatic nitrogens is 4. The average Bonchev–Trinajstić information content (AvgIpc) is 2.75. The molecule has 3 heterocycles. The maximum absolute atomic E-state index is 14.4. The Labute approximate surface area is 191 Å². The maximum Gasteiger partial charge on any atom is 0.258 e. The normalized spacial score (nSPS) is 15.6. The summed E-state index contributed by atoms with van der Waals surface area (Å²) in [5.41, 5.74) is 14.9. The van der Waals surface area contributed by atoms with Gasteiger partial charge >= 0.3 is 0 Å². The highest BCUT2D eigenvalue weighted by Crippen LogP contribution is 2.39. The van der Waals surface area contributed by atoms with Crippen LogP contribution in [0, 0.1) is 18.7 Å². The first-order valence-electron chi connectivity index (χ1n) is 10.6. The van der Waals surface area contributed by atoms with E-state index in [2.05, 4.69) is 19.9 Å². The van der Waals surface area contributed by atoms with E-state index < -0.39 is 11.9 Å². The lowest BCUT2D eigenvalue weighted by atomic mass is 9.88. The standard InChI is InChI=1S/C23H26FN7O2/c1-11(2)10-31-18(8-16-19(22(31)32)12(3)28-23(26)30-16)14-6-5-13(24)7-15(14)17-9-27-20(25)21(29-17)33-4/h5-7,9,11,18H,8,10H2,1-4H3,(H2,25,27)(H2,26,28,30). The summed E-state index contributed by atoms with van der Waals surface area (Å²) in [4.78, 5) is 32.5. The molecule has 1 atom stereocenters. The van der Waals surface area contributed by atoms with E-state index in [1.807, 2.05) is 13.8 Å². The average molecular weight is 452 g/mol. The number of ether oxygens (including phenoxy) is 1. The minimum atomic E-state index is -0.438. The Kier molecular flexibility index (Phi) is 5.84. The number of rotatable bonds is 5. The number of anilines is 2. The molecule has 4 N–H and O–H groups in total. The van der Waals surface area contributed by atoms with E-state index in [4.69, 9.17) is 16.2 Å². The third-order valence-corrected chi connectivity index (χ3v) is 5.59. The van der Waals surface area contributed by atoms with Gasteiger partial charge in [0.05, 0.1) is 42.0 Å². The molecule has 1 amide bonds. The Morgan fingerprint density at radius 3 is 2.70 bits per heavy atom. The number of nitrogens with two attached hydrogens (primary N) is 2. The monoisotopic (exact) mass is 451 g/mol. The summed E-state index contributed by atoms with van der Waals surface area (Å²) in [6.07, 6.45) is 1.87. The van der Waals surface area contributed by atoms with E-state index >= 15 is 0 Å². The number of hydrogen-bond donors (Lipinski definition) is 2. The van der Waals surface area contributed by atoms with Gasteiger partial charge in [0.1, 0.15) is 5.82 Å². The Hall–Kier alpha value is -3.82. The van der Waals surface area contributed by atoms with Crippen molar-refractivity contribution in [1.82, 2.24) is 24.8 Å². The van der Waals surface area contributed by atoms with Crippen LogP contribution >= 0.6 is 0 Å². The van der Waals surface area contributed by atoms with Crippen LogP contribution in [0.2, 0.25) is 0 Å². The van der Waals surface area contributed by atoms with Crippen molar-refractivity contribution in [3.8, 4) is 17.1 Å². The summed E-state index contributed by atoms with van der Waals surface area (Å²) < 4.78 is 19.6. The van der Waals surface area contributed by atoms with Crippen molar-refractivity contribution in [2.24, 2.45) is 5.92 Å². The topological polar surface area (TPSA) is 133 Å². The first-order chi connectivity index (χ1) is 15.7. The molecule has 4 rings (SSSR count). The Bertz CT molecular complexity index is 1230. The third kappa shape index (κ3) is 4.15. The molecule has 1 unspecified atom stereocenters. The van der Waals surface area contributed by atoms with Crippen molar-refractivity contribution in [2.75, 3.05) is 25.1 Å². The summed E-state index contributed by atoms with van der Waals surface area (Å²) in [6.45, 7) is 6.32. The number of carbonyl (C=O) groups excluding carboxylic acids is 1. The summed E-state index contributed by atoms with van der Waals surface area (Å²) in [6, 6.07) is 4.00. The minimum Gasteiger partial charge on any atom is -0.478 e. The van der Waals surface area contributed by atoms with Gasteiger partial charge in [0.15, 0.2) is 5.82 Å². The van der Waals surface area contributed by atoms with Crippen LogP contribution in [-0.4, -0.2) is 44.4 Å². The quantitative estimate of drug-likeness (QED) is 0.605. The maximum atomic E-state index is 14.4. The van der Waals surface area contributed by atoms with Crippen LogP contribution in [0.3, 0.4) is 0 Å². The molecule has 172 valence electrons. The molecule has 10 heteroatoms.